The standard InChI is InChI=1S/C21H24N4O.2ClH/c1-15-23-19-13-16(21(26)24-12-6-9-18(24)14-22-2)10-11-20(19)25(15)17-7-4-3-5-8-17;;/h3-5,7-8,10-11,13,18,22H,6,9,12,14H2,1-2H3;2*1H. The van der Waals surface area contributed by atoms with Gasteiger partial charge in [0.1, 0.15) is 5.82 Å². The van der Waals surface area contributed by atoms with Crippen LogP contribution in [0.4, 0.5) is 0 Å². The van der Waals surface area contributed by atoms with E-state index in [2.05, 4.69) is 22.0 Å². The fourth-order valence-corrected chi connectivity index (χ4v) is 3.95. The number of hydrogen-bond acceptors (Lipinski definition) is 3. The van der Waals surface area contributed by atoms with E-state index in [4.69, 9.17) is 4.98 Å². The second-order valence-corrected chi connectivity index (χ2v) is 6.89. The molecule has 5 nitrogen and oxygen atoms in total. The van der Waals surface area contributed by atoms with E-state index in [1.165, 1.54) is 0 Å². The molecule has 150 valence electrons. The zero-order valence-corrected chi connectivity index (χ0v) is 17.7. The van der Waals surface area contributed by atoms with Gasteiger partial charge >= 0.3 is 0 Å². The predicted molar refractivity (Wildman–Crippen MR) is 118 cm³/mol. The summed E-state index contributed by atoms with van der Waals surface area (Å²) >= 11 is 0. The maximum Gasteiger partial charge on any atom is 0.254 e. The van der Waals surface area contributed by atoms with Crippen LogP contribution < -0.4 is 5.32 Å². The lowest BCUT2D eigenvalue weighted by molar-refractivity contribution is 0.0737. The summed E-state index contributed by atoms with van der Waals surface area (Å²) in [7, 11) is 1.94. The molecule has 3 aromatic rings. The van der Waals surface area contributed by atoms with Gasteiger partial charge in [-0.05, 0) is 57.1 Å². The van der Waals surface area contributed by atoms with Crippen molar-refractivity contribution in [2.75, 3.05) is 20.1 Å². The minimum Gasteiger partial charge on any atom is -0.334 e. The van der Waals surface area contributed by atoms with E-state index >= 15 is 0 Å². The zero-order valence-electron chi connectivity index (χ0n) is 16.1. The van der Waals surface area contributed by atoms with Gasteiger partial charge < -0.3 is 10.2 Å². The van der Waals surface area contributed by atoms with Crippen molar-refractivity contribution in [3.05, 3.63) is 59.9 Å². The molecule has 1 N–H and O–H groups in total. The molecular weight excluding hydrogens is 395 g/mol. The lowest BCUT2D eigenvalue weighted by atomic mass is 10.1. The topological polar surface area (TPSA) is 50.2 Å². The molecule has 2 aromatic carbocycles. The highest BCUT2D eigenvalue weighted by atomic mass is 35.5. The molecule has 1 saturated heterocycles. The molecule has 7 heteroatoms. The summed E-state index contributed by atoms with van der Waals surface area (Å²) < 4.78 is 2.13. The Morgan fingerprint density at radius 1 is 1.18 bits per heavy atom. The second-order valence-electron chi connectivity index (χ2n) is 6.89. The number of likely N-dealkylation sites (N-methyl/N-ethyl adjacent to an activating group) is 1. The third-order valence-electron chi connectivity index (χ3n) is 5.16. The number of rotatable bonds is 4. The molecule has 1 atom stereocenters. The van der Waals surface area contributed by atoms with Crippen LogP contribution in [0.2, 0.25) is 0 Å². The van der Waals surface area contributed by atoms with E-state index in [0.717, 1.165) is 54.0 Å². The third kappa shape index (κ3) is 4.02. The quantitative estimate of drug-likeness (QED) is 0.693. The van der Waals surface area contributed by atoms with Crippen molar-refractivity contribution in [1.82, 2.24) is 19.8 Å². The van der Waals surface area contributed by atoms with Crippen LogP contribution >= 0.6 is 24.8 Å². The molecule has 1 aliphatic rings. The molecule has 1 amide bonds. The Morgan fingerprint density at radius 2 is 1.93 bits per heavy atom. The second kappa shape index (κ2) is 9.41. The monoisotopic (exact) mass is 420 g/mol. The van der Waals surface area contributed by atoms with Gasteiger partial charge in [0.15, 0.2) is 0 Å². The number of hydrogen-bond donors (Lipinski definition) is 1. The number of nitrogens with zero attached hydrogens (tertiary/aromatic N) is 3. The van der Waals surface area contributed by atoms with Crippen LogP contribution in [0, 0.1) is 6.92 Å². The smallest absolute Gasteiger partial charge is 0.254 e. The normalized spacial score (nSPS) is 15.9. The average Bonchev–Trinajstić information content (AvgIpc) is 3.25. The summed E-state index contributed by atoms with van der Waals surface area (Å²) in [6, 6.07) is 16.3. The predicted octanol–water partition coefficient (Wildman–Crippen LogP) is 4.00. The summed E-state index contributed by atoms with van der Waals surface area (Å²) in [5.41, 5.74) is 3.69. The lowest BCUT2D eigenvalue weighted by Gasteiger charge is -2.24. The number of carbonyl (C=O) groups is 1. The molecule has 0 spiro atoms. The fraction of sp³-hybridized carbons (Fsp3) is 0.333. The van der Waals surface area contributed by atoms with E-state index in [1.54, 1.807) is 0 Å². The van der Waals surface area contributed by atoms with Gasteiger partial charge in [-0.2, -0.15) is 0 Å². The SMILES string of the molecule is CNCC1CCCN1C(=O)c1ccc2c(c1)nc(C)n2-c1ccccc1.Cl.Cl. The summed E-state index contributed by atoms with van der Waals surface area (Å²) in [5, 5.41) is 3.19. The van der Waals surface area contributed by atoms with Gasteiger partial charge in [0, 0.05) is 30.4 Å². The van der Waals surface area contributed by atoms with Crippen molar-refractivity contribution >= 4 is 41.8 Å². The van der Waals surface area contributed by atoms with Crippen LogP contribution in [0.1, 0.15) is 29.0 Å². The van der Waals surface area contributed by atoms with Crippen LogP contribution in [-0.4, -0.2) is 46.5 Å². The van der Waals surface area contributed by atoms with Crippen molar-refractivity contribution < 1.29 is 4.79 Å². The maximum absolute atomic E-state index is 13.0. The lowest BCUT2D eigenvalue weighted by Crippen LogP contribution is -2.40. The third-order valence-corrected chi connectivity index (χ3v) is 5.16. The summed E-state index contributed by atoms with van der Waals surface area (Å²) in [5.74, 6) is 1.03. The van der Waals surface area contributed by atoms with Crippen LogP contribution in [0.15, 0.2) is 48.5 Å². The summed E-state index contributed by atoms with van der Waals surface area (Å²) in [4.78, 5) is 19.7. The van der Waals surface area contributed by atoms with Gasteiger partial charge in [0.25, 0.3) is 5.91 Å². The number of halogens is 2. The number of aryl methyl sites for hydroxylation is 1. The number of carbonyl (C=O) groups excluding carboxylic acids is 1. The first-order chi connectivity index (χ1) is 12.7. The Labute approximate surface area is 178 Å². The molecule has 0 bridgehead atoms. The molecule has 1 fully saturated rings. The van der Waals surface area contributed by atoms with Crippen molar-refractivity contribution in [3.63, 3.8) is 0 Å². The first-order valence-electron chi connectivity index (χ1n) is 9.19. The van der Waals surface area contributed by atoms with E-state index in [9.17, 15) is 4.79 Å². The van der Waals surface area contributed by atoms with Crippen LogP contribution in [0.5, 0.6) is 0 Å². The van der Waals surface area contributed by atoms with Crippen molar-refractivity contribution in [3.8, 4) is 5.69 Å². The van der Waals surface area contributed by atoms with E-state index in [1.807, 2.05) is 55.3 Å². The van der Waals surface area contributed by atoms with Gasteiger partial charge in [-0.1, -0.05) is 18.2 Å². The molecule has 1 aliphatic heterocycles. The number of likely N-dealkylation sites (tertiary alicyclic amines) is 1. The number of aromatic nitrogens is 2. The number of imidazole rings is 1. The number of para-hydroxylation sites is 1. The Kier molecular flexibility index (Phi) is 7.47. The summed E-state index contributed by atoms with van der Waals surface area (Å²) in [6.45, 7) is 3.67. The summed E-state index contributed by atoms with van der Waals surface area (Å²) in [6.07, 6.45) is 2.14. The van der Waals surface area contributed by atoms with Crippen LogP contribution in [0.25, 0.3) is 16.7 Å². The largest absolute Gasteiger partial charge is 0.334 e. The zero-order chi connectivity index (χ0) is 18.1. The molecular formula is C21H26Cl2N4O. The van der Waals surface area contributed by atoms with Crippen molar-refractivity contribution in [2.45, 2.75) is 25.8 Å². The molecule has 0 aliphatic carbocycles. The molecule has 0 saturated carbocycles. The van der Waals surface area contributed by atoms with Gasteiger partial charge in [-0.25, -0.2) is 4.98 Å². The Morgan fingerprint density at radius 3 is 2.64 bits per heavy atom. The minimum absolute atomic E-state index is 0. The van der Waals surface area contributed by atoms with E-state index in [-0.39, 0.29) is 36.8 Å². The highest BCUT2D eigenvalue weighted by molar-refractivity contribution is 5.98. The highest BCUT2D eigenvalue weighted by Crippen LogP contribution is 2.25. The molecule has 0 radical (unpaired) electrons. The van der Waals surface area contributed by atoms with Gasteiger partial charge in [-0.3, -0.25) is 9.36 Å². The van der Waals surface area contributed by atoms with Crippen molar-refractivity contribution in [1.29, 1.82) is 0 Å². The van der Waals surface area contributed by atoms with Crippen molar-refractivity contribution in [2.24, 2.45) is 0 Å². The Bertz CT molecular complexity index is 942. The van der Waals surface area contributed by atoms with Crippen LogP contribution in [0.3, 0.4) is 0 Å². The number of nitrogens with one attached hydrogen (secondary N) is 1. The van der Waals surface area contributed by atoms with Crippen LogP contribution in [-0.2, 0) is 0 Å². The molecule has 1 unspecified atom stereocenters. The first-order valence-corrected chi connectivity index (χ1v) is 9.19. The maximum atomic E-state index is 13.0. The van der Waals surface area contributed by atoms with Gasteiger partial charge in [0.05, 0.1) is 11.0 Å². The molecule has 2 heterocycles. The van der Waals surface area contributed by atoms with Gasteiger partial charge in [0.2, 0.25) is 0 Å². The minimum atomic E-state index is 0. The average molecular weight is 421 g/mol. The highest BCUT2D eigenvalue weighted by Gasteiger charge is 2.29. The molecule has 4 rings (SSSR count). The molecule has 28 heavy (non-hydrogen) atoms. The Hall–Kier alpha value is -2.08. The first kappa shape index (κ1) is 22.2. The number of benzene rings is 2. The molecule has 1 aromatic heterocycles. The van der Waals surface area contributed by atoms with Gasteiger partial charge in [-0.15, -0.1) is 24.8 Å². The Balaban J connectivity index is 0.00000140. The van der Waals surface area contributed by atoms with E-state index in [0.29, 0.717) is 0 Å². The number of amides is 1. The fourth-order valence-electron chi connectivity index (χ4n) is 3.95. The van der Waals surface area contributed by atoms with E-state index < -0.39 is 0 Å². The number of fused-ring (bicyclic) bond motifs is 1.